The summed E-state index contributed by atoms with van der Waals surface area (Å²) in [5.74, 6) is -0.360. The third kappa shape index (κ3) is 7.40. The number of carbonyl (C=O) groups is 2. The highest BCUT2D eigenvalue weighted by Crippen LogP contribution is 2.26. The molecule has 0 saturated carbocycles. The minimum atomic E-state index is -0.979. The molecule has 6 nitrogen and oxygen atoms in total. The van der Waals surface area contributed by atoms with Crippen LogP contribution in [0.1, 0.15) is 21.5 Å². The number of halogens is 2. The van der Waals surface area contributed by atoms with E-state index in [0.717, 1.165) is 16.0 Å². The van der Waals surface area contributed by atoms with Crippen LogP contribution in [0, 0.1) is 0 Å². The van der Waals surface area contributed by atoms with Gasteiger partial charge in [-0.05, 0) is 81.7 Å². The summed E-state index contributed by atoms with van der Waals surface area (Å²) in [6.45, 7) is 0.231. The molecule has 9 heteroatoms. The van der Waals surface area contributed by atoms with Crippen molar-refractivity contribution in [1.82, 2.24) is 5.43 Å². The van der Waals surface area contributed by atoms with Crippen LogP contribution in [0.2, 0.25) is 5.02 Å². The van der Waals surface area contributed by atoms with Crippen LogP contribution in [0.3, 0.4) is 0 Å². The fraction of sp³-hybridized carbons (Fsp3) is 0.0870. The lowest BCUT2D eigenvalue weighted by atomic mass is 10.1. The van der Waals surface area contributed by atoms with Gasteiger partial charge in [-0.1, -0.05) is 23.7 Å². The summed E-state index contributed by atoms with van der Waals surface area (Å²) in [4.78, 5) is 24.0. The summed E-state index contributed by atoms with van der Waals surface area (Å²) >= 11 is 10.7. The van der Waals surface area contributed by atoms with Crippen molar-refractivity contribution in [3.63, 3.8) is 0 Å². The van der Waals surface area contributed by atoms with Gasteiger partial charge < -0.3 is 9.84 Å². The lowest BCUT2D eigenvalue weighted by molar-refractivity contribution is -0.118. The first-order valence-electron chi connectivity index (χ1n) is 9.35. The van der Waals surface area contributed by atoms with E-state index in [1.807, 2.05) is 12.1 Å². The van der Waals surface area contributed by atoms with E-state index in [9.17, 15) is 9.59 Å². The Morgan fingerprint density at radius 2 is 1.91 bits per heavy atom. The largest absolute Gasteiger partial charge is 0.488 e. The molecule has 0 saturated heterocycles. The summed E-state index contributed by atoms with van der Waals surface area (Å²) in [5.41, 5.74) is 4.23. The molecule has 0 aliphatic carbocycles. The molecule has 164 valence electrons. The Bertz CT molecular complexity index is 1140. The number of carbonyl (C=O) groups excluding carboxylic acids is 1. The molecule has 3 aromatic rings. The molecule has 1 amide bonds. The molecule has 0 unspecified atom stereocenters. The Labute approximate surface area is 202 Å². The van der Waals surface area contributed by atoms with Gasteiger partial charge in [-0.15, -0.1) is 11.8 Å². The van der Waals surface area contributed by atoms with Gasteiger partial charge in [-0.3, -0.25) is 4.79 Å². The molecule has 0 fully saturated rings. The first kappa shape index (κ1) is 23.8. The van der Waals surface area contributed by atoms with E-state index in [0.29, 0.717) is 15.2 Å². The van der Waals surface area contributed by atoms with Crippen molar-refractivity contribution in [3.8, 4) is 5.75 Å². The second-order valence-corrected chi connectivity index (χ2v) is 8.86. The number of rotatable bonds is 9. The second-order valence-electron chi connectivity index (χ2n) is 6.52. The molecule has 0 aromatic heterocycles. The number of thioether (sulfide) groups is 1. The fourth-order valence-electron chi connectivity index (χ4n) is 2.56. The van der Waals surface area contributed by atoms with Crippen molar-refractivity contribution in [2.24, 2.45) is 5.10 Å². The lowest BCUT2D eigenvalue weighted by Crippen LogP contribution is -2.19. The van der Waals surface area contributed by atoms with Crippen molar-refractivity contribution in [1.29, 1.82) is 0 Å². The normalized spacial score (nSPS) is 10.8. The van der Waals surface area contributed by atoms with Gasteiger partial charge in [-0.25, -0.2) is 10.2 Å². The van der Waals surface area contributed by atoms with Crippen LogP contribution in [-0.4, -0.2) is 29.0 Å². The topological polar surface area (TPSA) is 88.0 Å². The molecule has 2 N–H and O–H groups in total. The van der Waals surface area contributed by atoms with Gasteiger partial charge in [0.05, 0.1) is 22.0 Å². The van der Waals surface area contributed by atoms with Crippen LogP contribution in [-0.2, 0) is 11.4 Å². The number of benzene rings is 3. The summed E-state index contributed by atoms with van der Waals surface area (Å²) < 4.78 is 6.48. The number of carboxylic acids is 1. The van der Waals surface area contributed by atoms with Crippen LogP contribution in [0.5, 0.6) is 5.75 Å². The standard InChI is InChI=1S/C23H18BrClN2O4S/c24-20-11-15(12-26-27-22(28)14-32-19-7-5-18(25)6-8-19)4-9-21(20)31-13-16-2-1-3-17(10-16)23(29)30/h1-12H,13-14H2,(H,27,28)(H,29,30)/b26-12-. The zero-order valence-corrected chi connectivity index (χ0v) is 19.8. The van der Waals surface area contributed by atoms with Crippen molar-refractivity contribution < 1.29 is 19.4 Å². The Hall–Kier alpha value is -2.81. The van der Waals surface area contributed by atoms with Crippen LogP contribution in [0.25, 0.3) is 0 Å². The Kier molecular flexibility index (Phi) is 8.72. The van der Waals surface area contributed by atoms with E-state index in [1.54, 1.807) is 48.5 Å². The van der Waals surface area contributed by atoms with E-state index in [-0.39, 0.29) is 23.8 Å². The van der Waals surface area contributed by atoms with Crippen LogP contribution >= 0.6 is 39.3 Å². The van der Waals surface area contributed by atoms with Crippen molar-refractivity contribution in [2.75, 3.05) is 5.75 Å². The van der Waals surface area contributed by atoms with Gasteiger partial charge in [-0.2, -0.15) is 5.10 Å². The Morgan fingerprint density at radius 3 is 2.62 bits per heavy atom. The first-order chi connectivity index (χ1) is 15.4. The minimum absolute atomic E-state index is 0.213. The quantitative estimate of drug-likeness (QED) is 0.212. The number of nitrogens with zero attached hydrogens (tertiary/aromatic N) is 1. The van der Waals surface area contributed by atoms with E-state index in [1.165, 1.54) is 24.0 Å². The zero-order chi connectivity index (χ0) is 22.9. The molecule has 0 aliphatic heterocycles. The summed E-state index contributed by atoms with van der Waals surface area (Å²) in [5, 5.41) is 13.7. The maximum absolute atomic E-state index is 11.9. The first-order valence-corrected chi connectivity index (χ1v) is 11.5. The van der Waals surface area contributed by atoms with Crippen molar-refractivity contribution in [3.05, 3.63) is 92.9 Å². The number of amides is 1. The molecule has 0 bridgehead atoms. The van der Waals surface area contributed by atoms with E-state index < -0.39 is 5.97 Å². The number of hydrazone groups is 1. The zero-order valence-electron chi connectivity index (χ0n) is 16.6. The molecule has 3 aromatic carbocycles. The maximum atomic E-state index is 11.9. The van der Waals surface area contributed by atoms with Gasteiger partial charge in [0.1, 0.15) is 12.4 Å². The van der Waals surface area contributed by atoms with E-state index >= 15 is 0 Å². The number of hydrogen-bond acceptors (Lipinski definition) is 5. The van der Waals surface area contributed by atoms with Crippen molar-refractivity contribution in [2.45, 2.75) is 11.5 Å². The average Bonchev–Trinajstić information content (AvgIpc) is 2.78. The van der Waals surface area contributed by atoms with E-state index in [4.69, 9.17) is 21.4 Å². The van der Waals surface area contributed by atoms with Crippen LogP contribution < -0.4 is 10.2 Å². The summed E-state index contributed by atoms with van der Waals surface area (Å²) in [6, 6.07) is 19.2. The highest BCUT2D eigenvalue weighted by atomic mass is 79.9. The van der Waals surface area contributed by atoms with Gasteiger partial charge in [0.2, 0.25) is 5.91 Å². The third-order valence-electron chi connectivity index (χ3n) is 4.11. The highest BCUT2D eigenvalue weighted by molar-refractivity contribution is 9.10. The molecule has 32 heavy (non-hydrogen) atoms. The van der Waals surface area contributed by atoms with Crippen LogP contribution in [0.4, 0.5) is 0 Å². The SMILES string of the molecule is O=C(CSc1ccc(Cl)cc1)N/N=C\c1ccc(OCc2cccc(C(=O)O)c2)c(Br)c1. The number of carboxylic acid groups (broad SMARTS) is 1. The summed E-state index contributed by atoms with van der Waals surface area (Å²) in [7, 11) is 0. The highest BCUT2D eigenvalue weighted by Gasteiger charge is 2.06. The number of hydrogen-bond donors (Lipinski definition) is 2. The fourth-order valence-corrected chi connectivity index (χ4v) is 3.89. The number of ether oxygens (including phenoxy) is 1. The van der Waals surface area contributed by atoms with E-state index in [2.05, 4.69) is 26.5 Å². The number of nitrogens with one attached hydrogen (secondary N) is 1. The Morgan fingerprint density at radius 1 is 1.12 bits per heavy atom. The number of aromatic carboxylic acids is 1. The molecule has 0 heterocycles. The monoisotopic (exact) mass is 532 g/mol. The predicted molar refractivity (Wildman–Crippen MR) is 130 cm³/mol. The second kappa shape index (κ2) is 11.7. The molecule has 0 atom stereocenters. The van der Waals surface area contributed by atoms with Crippen LogP contribution in [0.15, 0.2) is 81.2 Å². The molecular weight excluding hydrogens is 516 g/mol. The van der Waals surface area contributed by atoms with Gasteiger partial charge in [0, 0.05) is 9.92 Å². The smallest absolute Gasteiger partial charge is 0.335 e. The molecule has 0 aliphatic rings. The van der Waals surface area contributed by atoms with Gasteiger partial charge in [0.15, 0.2) is 0 Å². The molecular formula is C23H18BrClN2O4S. The summed E-state index contributed by atoms with van der Waals surface area (Å²) in [6.07, 6.45) is 1.54. The van der Waals surface area contributed by atoms with Crippen molar-refractivity contribution >= 4 is 57.4 Å². The maximum Gasteiger partial charge on any atom is 0.335 e. The predicted octanol–water partition coefficient (Wildman–Crippen LogP) is 5.62. The minimum Gasteiger partial charge on any atom is -0.488 e. The third-order valence-corrected chi connectivity index (χ3v) is 5.99. The average molecular weight is 534 g/mol. The molecule has 0 spiro atoms. The van der Waals surface area contributed by atoms with Gasteiger partial charge >= 0.3 is 5.97 Å². The van der Waals surface area contributed by atoms with Gasteiger partial charge in [0.25, 0.3) is 0 Å². The molecule has 3 rings (SSSR count). The Balaban J connectivity index is 1.49. The molecule has 0 radical (unpaired) electrons. The lowest BCUT2D eigenvalue weighted by Gasteiger charge is -2.09.